The lowest BCUT2D eigenvalue weighted by Crippen LogP contribution is -2.24. The number of H-pyrrole nitrogens is 1. The normalized spacial score (nSPS) is 11.1. The molecule has 2 aromatic carbocycles. The maximum Gasteiger partial charge on any atom is 0.343 e. The van der Waals surface area contributed by atoms with Crippen molar-refractivity contribution in [2.24, 2.45) is 0 Å². The fourth-order valence-electron chi connectivity index (χ4n) is 3.40. The molecule has 0 aliphatic carbocycles. The van der Waals surface area contributed by atoms with Gasteiger partial charge in [-0.3, -0.25) is 9.89 Å². The topological polar surface area (TPSA) is 88.5 Å². The molecular weight excluding hydrogens is 380 g/mol. The first-order valence-corrected chi connectivity index (χ1v) is 9.78. The lowest BCUT2D eigenvalue weighted by Gasteiger charge is -2.19. The molecule has 0 atom stereocenters. The molecule has 0 unspecified atom stereocenters. The van der Waals surface area contributed by atoms with E-state index in [0.29, 0.717) is 12.2 Å². The molecular formula is C23H22N4O3. The highest BCUT2D eigenvalue weighted by molar-refractivity contribution is 5.95. The SMILES string of the molecule is CCOC(=O)c1c[nH]n2c(=O)cc(CNC(c3ccccc3)c3ccccc3)nc12. The van der Waals surface area contributed by atoms with Crippen LogP contribution in [0.1, 0.15) is 40.1 Å². The Morgan fingerprint density at radius 3 is 2.33 bits per heavy atom. The summed E-state index contributed by atoms with van der Waals surface area (Å²) in [4.78, 5) is 29.2. The van der Waals surface area contributed by atoms with Crippen LogP contribution in [-0.4, -0.2) is 27.2 Å². The number of fused-ring (bicyclic) bond motifs is 1. The van der Waals surface area contributed by atoms with Gasteiger partial charge >= 0.3 is 5.97 Å². The molecule has 152 valence electrons. The summed E-state index contributed by atoms with van der Waals surface area (Å²) in [5.74, 6) is -0.514. The van der Waals surface area contributed by atoms with E-state index in [1.807, 2.05) is 36.4 Å². The fraction of sp³-hybridized carbons (Fsp3) is 0.174. The Hall–Kier alpha value is -3.71. The average molecular weight is 402 g/mol. The molecule has 0 spiro atoms. The summed E-state index contributed by atoms with van der Waals surface area (Å²) >= 11 is 0. The van der Waals surface area contributed by atoms with Gasteiger partial charge in [0.15, 0.2) is 5.65 Å². The number of ether oxygens (including phenoxy) is 1. The zero-order chi connectivity index (χ0) is 20.9. The van der Waals surface area contributed by atoms with Gasteiger partial charge in [-0.2, -0.15) is 0 Å². The summed E-state index contributed by atoms with van der Waals surface area (Å²) in [6.45, 7) is 2.33. The Morgan fingerprint density at radius 2 is 1.73 bits per heavy atom. The van der Waals surface area contributed by atoms with Crippen molar-refractivity contribution in [2.45, 2.75) is 19.5 Å². The van der Waals surface area contributed by atoms with Crippen LogP contribution in [0.25, 0.3) is 5.65 Å². The van der Waals surface area contributed by atoms with Gasteiger partial charge in [-0.05, 0) is 18.1 Å². The minimum Gasteiger partial charge on any atom is -0.462 e. The molecule has 7 nitrogen and oxygen atoms in total. The van der Waals surface area contributed by atoms with Crippen LogP contribution in [0.15, 0.2) is 77.7 Å². The molecule has 7 heteroatoms. The number of aromatic nitrogens is 3. The molecule has 0 radical (unpaired) electrons. The van der Waals surface area contributed by atoms with Gasteiger partial charge in [0, 0.05) is 18.8 Å². The first kappa shape index (κ1) is 19.6. The summed E-state index contributed by atoms with van der Waals surface area (Å²) in [7, 11) is 0. The maximum atomic E-state index is 12.5. The number of carbonyl (C=O) groups excluding carboxylic acids is 1. The minimum atomic E-state index is -0.514. The maximum absolute atomic E-state index is 12.5. The molecule has 30 heavy (non-hydrogen) atoms. The number of hydrogen-bond acceptors (Lipinski definition) is 5. The smallest absolute Gasteiger partial charge is 0.343 e. The summed E-state index contributed by atoms with van der Waals surface area (Å²) < 4.78 is 6.30. The van der Waals surface area contributed by atoms with Crippen LogP contribution in [0.2, 0.25) is 0 Å². The first-order chi connectivity index (χ1) is 14.7. The highest BCUT2D eigenvalue weighted by Gasteiger charge is 2.18. The Balaban J connectivity index is 1.65. The molecule has 0 fully saturated rings. The molecule has 4 aromatic rings. The molecule has 4 rings (SSSR count). The number of nitrogens with one attached hydrogen (secondary N) is 2. The van der Waals surface area contributed by atoms with Gasteiger partial charge in [0.2, 0.25) is 0 Å². The monoisotopic (exact) mass is 402 g/mol. The number of rotatable bonds is 7. The van der Waals surface area contributed by atoms with Crippen molar-refractivity contribution >= 4 is 11.6 Å². The molecule has 0 aliphatic heterocycles. The number of nitrogens with zero attached hydrogens (tertiary/aromatic N) is 2. The van der Waals surface area contributed by atoms with Crippen LogP contribution >= 0.6 is 0 Å². The molecule has 0 bridgehead atoms. The Labute approximate surface area is 173 Å². The predicted octanol–water partition coefficient (Wildman–Crippen LogP) is 3.08. The second kappa shape index (κ2) is 8.75. The van der Waals surface area contributed by atoms with Crippen LogP contribution in [0.3, 0.4) is 0 Å². The standard InChI is InChI=1S/C23H22N4O3/c1-2-30-23(29)19-15-25-27-20(28)13-18(26-22(19)27)14-24-21(16-9-5-3-6-10-16)17-11-7-4-8-12-17/h3-13,15,21,24-25H,2,14H2,1H3. The van der Waals surface area contributed by atoms with Crippen molar-refractivity contribution in [2.75, 3.05) is 6.61 Å². The lowest BCUT2D eigenvalue weighted by atomic mass is 9.98. The molecule has 2 heterocycles. The van der Waals surface area contributed by atoms with E-state index in [2.05, 4.69) is 39.7 Å². The van der Waals surface area contributed by atoms with Crippen molar-refractivity contribution in [1.82, 2.24) is 19.9 Å². The first-order valence-electron chi connectivity index (χ1n) is 9.78. The largest absolute Gasteiger partial charge is 0.462 e. The summed E-state index contributed by atoms with van der Waals surface area (Å²) in [6, 6.07) is 21.6. The molecule has 2 N–H and O–H groups in total. The highest BCUT2D eigenvalue weighted by atomic mass is 16.5. The minimum absolute atomic E-state index is 0.0663. The van der Waals surface area contributed by atoms with E-state index < -0.39 is 5.97 Å². The predicted molar refractivity (Wildman–Crippen MR) is 113 cm³/mol. The van der Waals surface area contributed by atoms with Crippen LogP contribution in [0.5, 0.6) is 0 Å². The van der Waals surface area contributed by atoms with E-state index in [9.17, 15) is 9.59 Å². The number of carbonyl (C=O) groups is 1. The van der Waals surface area contributed by atoms with Crippen molar-refractivity contribution in [3.05, 3.63) is 106 Å². The van der Waals surface area contributed by atoms with Gasteiger partial charge in [-0.25, -0.2) is 14.3 Å². The average Bonchev–Trinajstić information content (AvgIpc) is 3.20. The van der Waals surface area contributed by atoms with Crippen molar-refractivity contribution in [3.63, 3.8) is 0 Å². The van der Waals surface area contributed by atoms with Gasteiger partial charge in [-0.1, -0.05) is 60.7 Å². The zero-order valence-electron chi connectivity index (χ0n) is 16.5. The van der Waals surface area contributed by atoms with Crippen LogP contribution in [0, 0.1) is 0 Å². The quantitative estimate of drug-likeness (QED) is 0.464. The molecule has 0 amide bonds. The second-order valence-electron chi connectivity index (χ2n) is 6.79. The molecule has 2 aromatic heterocycles. The van der Waals surface area contributed by atoms with E-state index in [-0.39, 0.29) is 29.4 Å². The number of aromatic amines is 1. The van der Waals surface area contributed by atoms with Crippen LogP contribution in [0.4, 0.5) is 0 Å². The Morgan fingerprint density at radius 1 is 1.10 bits per heavy atom. The zero-order valence-corrected chi connectivity index (χ0v) is 16.5. The Kier molecular flexibility index (Phi) is 5.72. The van der Waals surface area contributed by atoms with Gasteiger partial charge in [0.05, 0.1) is 18.3 Å². The van der Waals surface area contributed by atoms with Gasteiger partial charge < -0.3 is 10.1 Å². The second-order valence-corrected chi connectivity index (χ2v) is 6.79. The van der Waals surface area contributed by atoms with Crippen LogP contribution < -0.4 is 10.9 Å². The van der Waals surface area contributed by atoms with Gasteiger partial charge in [0.1, 0.15) is 5.56 Å². The van der Waals surface area contributed by atoms with Gasteiger partial charge in [0.25, 0.3) is 5.56 Å². The lowest BCUT2D eigenvalue weighted by molar-refractivity contribution is 0.0528. The van der Waals surface area contributed by atoms with E-state index >= 15 is 0 Å². The van der Waals surface area contributed by atoms with Crippen molar-refractivity contribution in [1.29, 1.82) is 0 Å². The third kappa shape index (κ3) is 4.01. The third-order valence-corrected chi connectivity index (χ3v) is 4.80. The molecule has 0 aliphatic rings. The van der Waals surface area contributed by atoms with Crippen molar-refractivity contribution in [3.8, 4) is 0 Å². The summed E-state index contributed by atoms with van der Waals surface area (Å²) in [5, 5.41) is 6.25. The number of benzene rings is 2. The van der Waals surface area contributed by atoms with E-state index in [1.165, 1.54) is 16.8 Å². The van der Waals surface area contributed by atoms with E-state index in [4.69, 9.17) is 4.74 Å². The van der Waals surface area contributed by atoms with Crippen molar-refractivity contribution < 1.29 is 9.53 Å². The fourth-order valence-corrected chi connectivity index (χ4v) is 3.40. The third-order valence-electron chi connectivity index (χ3n) is 4.80. The van der Waals surface area contributed by atoms with Gasteiger partial charge in [-0.15, -0.1) is 0 Å². The van der Waals surface area contributed by atoms with E-state index in [1.54, 1.807) is 6.92 Å². The highest BCUT2D eigenvalue weighted by Crippen LogP contribution is 2.22. The number of esters is 1. The summed E-state index contributed by atoms with van der Waals surface area (Å²) in [6.07, 6.45) is 1.44. The summed E-state index contributed by atoms with van der Waals surface area (Å²) in [5.41, 5.74) is 2.96. The van der Waals surface area contributed by atoms with E-state index in [0.717, 1.165) is 11.1 Å². The number of hydrogen-bond donors (Lipinski definition) is 2. The Bertz CT molecular complexity index is 1160. The molecule has 0 saturated carbocycles. The van der Waals surface area contributed by atoms with Crippen LogP contribution in [-0.2, 0) is 11.3 Å². The molecule has 0 saturated heterocycles.